The number of carbonyl (C=O) groups excluding carboxylic acids is 2. The molecule has 1 aromatic carbocycles. The molecule has 21 heavy (non-hydrogen) atoms. The lowest BCUT2D eigenvalue weighted by atomic mass is 9.94. The van der Waals surface area contributed by atoms with Crippen molar-refractivity contribution in [1.29, 1.82) is 0 Å². The van der Waals surface area contributed by atoms with Crippen LogP contribution in [0, 0.1) is 0 Å². The zero-order valence-electron chi connectivity index (χ0n) is 11.7. The molecule has 0 spiro atoms. The fraction of sp³-hybridized carbons (Fsp3) is 0.467. The number of nitrogens with two attached hydrogens (primary N) is 1. The molecule has 0 aliphatic carbocycles. The van der Waals surface area contributed by atoms with Crippen molar-refractivity contribution in [1.82, 2.24) is 10.2 Å². The molecule has 2 atom stereocenters. The highest BCUT2D eigenvalue weighted by atomic mass is 16.3. The minimum Gasteiger partial charge on any atom is -0.508 e. The van der Waals surface area contributed by atoms with Crippen molar-refractivity contribution in [3.63, 3.8) is 0 Å². The molecule has 6 heteroatoms. The van der Waals surface area contributed by atoms with Crippen LogP contribution in [0.15, 0.2) is 18.2 Å². The Kier molecular flexibility index (Phi) is 3.55. The van der Waals surface area contributed by atoms with Crippen LogP contribution in [0.1, 0.15) is 24.0 Å². The van der Waals surface area contributed by atoms with E-state index in [0.717, 1.165) is 17.5 Å². The Morgan fingerprint density at radius 1 is 1.33 bits per heavy atom. The summed E-state index contributed by atoms with van der Waals surface area (Å²) in [5, 5.41) is 12.7. The largest absolute Gasteiger partial charge is 0.508 e. The molecule has 0 unspecified atom stereocenters. The average molecular weight is 289 g/mol. The van der Waals surface area contributed by atoms with E-state index >= 15 is 0 Å². The molecular formula is C15H19N3O3. The normalized spacial score (nSPS) is 24.7. The van der Waals surface area contributed by atoms with E-state index in [4.69, 9.17) is 5.73 Å². The van der Waals surface area contributed by atoms with Gasteiger partial charge in [0.1, 0.15) is 11.8 Å². The first kappa shape index (κ1) is 13.9. The van der Waals surface area contributed by atoms with Crippen molar-refractivity contribution in [3.8, 4) is 5.75 Å². The molecule has 2 aliphatic rings. The first-order valence-corrected chi connectivity index (χ1v) is 7.20. The molecule has 0 saturated carbocycles. The minimum atomic E-state index is -0.472. The summed E-state index contributed by atoms with van der Waals surface area (Å²) in [7, 11) is 0. The number of likely N-dealkylation sites (tertiary alicyclic amines) is 1. The standard InChI is InChI=1S/C15H19N3O3/c16-14(20)13-2-1-5-18(13)15(21)12-7-9-3-4-11(19)6-10(9)8-17-12/h3-4,6,12-13,17,19H,1-2,5,7-8H2,(H2,16,20)/t12-,13-/m0/s1. The van der Waals surface area contributed by atoms with Gasteiger partial charge in [0.15, 0.2) is 0 Å². The predicted molar refractivity (Wildman–Crippen MR) is 76.4 cm³/mol. The third-order valence-corrected chi connectivity index (χ3v) is 4.32. The second-order valence-corrected chi connectivity index (χ2v) is 5.68. The van der Waals surface area contributed by atoms with Crippen molar-refractivity contribution < 1.29 is 14.7 Å². The van der Waals surface area contributed by atoms with Crippen molar-refractivity contribution in [2.24, 2.45) is 5.73 Å². The third-order valence-electron chi connectivity index (χ3n) is 4.32. The first-order valence-electron chi connectivity index (χ1n) is 7.20. The summed E-state index contributed by atoms with van der Waals surface area (Å²) >= 11 is 0. The van der Waals surface area contributed by atoms with Gasteiger partial charge in [0.25, 0.3) is 0 Å². The number of aromatic hydroxyl groups is 1. The number of phenols is 1. The average Bonchev–Trinajstić information content (AvgIpc) is 2.95. The summed E-state index contributed by atoms with van der Waals surface area (Å²) < 4.78 is 0. The van der Waals surface area contributed by atoms with E-state index in [0.29, 0.717) is 25.9 Å². The van der Waals surface area contributed by atoms with E-state index in [9.17, 15) is 14.7 Å². The van der Waals surface area contributed by atoms with Gasteiger partial charge in [-0.05, 0) is 42.5 Å². The Balaban J connectivity index is 1.75. The fourth-order valence-electron chi connectivity index (χ4n) is 3.20. The Hall–Kier alpha value is -2.08. The molecule has 2 aliphatic heterocycles. The minimum absolute atomic E-state index is 0.0602. The Morgan fingerprint density at radius 3 is 2.90 bits per heavy atom. The van der Waals surface area contributed by atoms with Crippen molar-refractivity contribution >= 4 is 11.8 Å². The molecule has 6 nitrogen and oxygen atoms in total. The summed E-state index contributed by atoms with van der Waals surface area (Å²) in [6.07, 6.45) is 2.03. The number of amides is 2. The van der Waals surface area contributed by atoms with Gasteiger partial charge in [-0.3, -0.25) is 9.59 Å². The SMILES string of the molecule is NC(=O)[C@@H]1CCCN1C(=O)[C@@H]1Cc2ccc(O)cc2CN1. The maximum Gasteiger partial charge on any atom is 0.240 e. The van der Waals surface area contributed by atoms with Gasteiger partial charge in [-0.15, -0.1) is 0 Å². The molecule has 0 radical (unpaired) electrons. The van der Waals surface area contributed by atoms with Crippen LogP contribution in [0.3, 0.4) is 0 Å². The second-order valence-electron chi connectivity index (χ2n) is 5.68. The summed E-state index contributed by atoms with van der Waals surface area (Å²) in [4.78, 5) is 25.6. The quantitative estimate of drug-likeness (QED) is 0.707. The Bertz CT molecular complexity index is 588. The summed E-state index contributed by atoms with van der Waals surface area (Å²) in [5.41, 5.74) is 7.43. The van der Waals surface area contributed by atoms with Gasteiger partial charge in [-0.2, -0.15) is 0 Å². The van der Waals surface area contributed by atoms with Gasteiger partial charge in [0.2, 0.25) is 11.8 Å². The number of nitrogens with one attached hydrogen (secondary N) is 1. The molecule has 0 bridgehead atoms. The third kappa shape index (κ3) is 2.58. The number of rotatable bonds is 2. The van der Waals surface area contributed by atoms with Crippen LogP contribution >= 0.6 is 0 Å². The molecule has 2 heterocycles. The van der Waals surface area contributed by atoms with E-state index < -0.39 is 11.9 Å². The molecule has 1 fully saturated rings. The number of fused-ring (bicyclic) bond motifs is 1. The monoisotopic (exact) mass is 289 g/mol. The summed E-state index contributed by atoms with van der Waals surface area (Å²) in [5.74, 6) is -0.259. The molecule has 112 valence electrons. The van der Waals surface area contributed by atoms with Crippen molar-refractivity contribution in [3.05, 3.63) is 29.3 Å². The Labute approximate surface area is 122 Å². The topological polar surface area (TPSA) is 95.7 Å². The molecular weight excluding hydrogens is 270 g/mol. The highest BCUT2D eigenvalue weighted by molar-refractivity contribution is 5.90. The number of benzene rings is 1. The zero-order valence-corrected chi connectivity index (χ0v) is 11.7. The van der Waals surface area contributed by atoms with Crippen LogP contribution in [-0.2, 0) is 22.6 Å². The van der Waals surface area contributed by atoms with E-state index in [1.165, 1.54) is 0 Å². The second kappa shape index (κ2) is 5.37. The highest BCUT2D eigenvalue weighted by Crippen LogP contribution is 2.24. The molecule has 3 rings (SSSR count). The van der Waals surface area contributed by atoms with Crippen LogP contribution in [0.4, 0.5) is 0 Å². The number of primary amides is 1. The lowest BCUT2D eigenvalue weighted by molar-refractivity contribution is -0.139. The molecule has 1 aromatic rings. The lowest BCUT2D eigenvalue weighted by Gasteiger charge is -2.31. The molecule has 0 aromatic heterocycles. The van der Waals surface area contributed by atoms with Gasteiger partial charge in [-0.25, -0.2) is 0 Å². The predicted octanol–water partition coefficient (Wildman–Crippen LogP) is -0.117. The van der Waals surface area contributed by atoms with Crippen LogP contribution < -0.4 is 11.1 Å². The first-order chi connectivity index (χ1) is 10.1. The van der Waals surface area contributed by atoms with Crippen molar-refractivity contribution in [2.75, 3.05) is 6.54 Å². The fourth-order valence-corrected chi connectivity index (χ4v) is 3.20. The lowest BCUT2D eigenvalue weighted by Crippen LogP contribution is -2.53. The van der Waals surface area contributed by atoms with Crippen LogP contribution in [-0.4, -0.2) is 40.4 Å². The van der Waals surface area contributed by atoms with Gasteiger partial charge >= 0.3 is 0 Å². The van der Waals surface area contributed by atoms with Gasteiger partial charge in [-0.1, -0.05) is 6.07 Å². The number of nitrogens with zero attached hydrogens (tertiary/aromatic N) is 1. The number of carbonyl (C=O) groups is 2. The van der Waals surface area contributed by atoms with E-state index in [2.05, 4.69) is 5.32 Å². The Morgan fingerprint density at radius 2 is 2.14 bits per heavy atom. The van der Waals surface area contributed by atoms with E-state index in [1.807, 2.05) is 6.07 Å². The number of phenolic OH excluding ortho intramolecular Hbond substituents is 1. The zero-order chi connectivity index (χ0) is 15.0. The molecule has 2 amide bonds. The number of hydrogen-bond acceptors (Lipinski definition) is 4. The summed E-state index contributed by atoms with van der Waals surface area (Å²) in [6, 6.07) is 4.39. The van der Waals surface area contributed by atoms with Crippen LogP contribution in [0.25, 0.3) is 0 Å². The van der Waals surface area contributed by atoms with Gasteiger partial charge in [0, 0.05) is 13.1 Å². The maximum absolute atomic E-state index is 12.6. The van der Waals surface area contributed by atoms with E-state index in [1.54, 1.807) is 17.0 Å². The molecule has 1 saturated heterocycles. The van der Waals surface area contributed by atoms with Crippen LogP contribution in [0.5, 0.6) is 5.75 Å². The smallest absolute Gasteiger partial charge is 0.240 e. The van der Waals surface area contributed by atoms with Gasteiger partial charge in [0.05, 0.1) is 6.04 Å². The van der Waals surface area contributed by atoms with Gasteiger partial charge < -0.3 is 21.1 Å². The number of hydrogen-bond donors (Lipinski definition) is 3. The van der Waals surface area contributed by atoms with Crippen molar-refractivity contribution in [2.45, 2.75) is 37.9 Å². The maximum atomic E-state index is 12.6. The van der Waals surface area contributed by atoms with Crippen LogP contribution in [0.2, 0.25) is 0 Å². The summed E-state index contributed by atoms with van der Waals surface area (Å²) in [6.45, 7) is 1.13. The molecule has 4 N–H and O–H groups in total. The highest BCUT2D eigenvalue weighted by Gasteiger charge is 2.37. The van der Waals surface area contributed by atoms with E-state index in [-0.39, 0.29) is 17.7 Å².